The van der Waals surface area contributed by atoms with Crippen LogP contribution in [0.25, 0.3) is 0 Å². The minimum Gasteiger partial charge on any atom is -0.382 e. The van der Waals surface area contributed by atoms with Gasteiger partial charge in [-0.15, -0.1) is 11.8 Å². The smallest absolute Gasteiger partial charge is 0.153 e. The number of anilines is 2. The monoisotopic (exact) mass is 243 g/mol. The second-order valence-electron chi connectivity index (χ2n) is 4.27. The minimum atomic E-state index is 0.690. The molecule has 1 aromatic heterocycles. The van der Waals surface area contributed by atoms with Crippen molar-refractivity contribution in [3.8, 4) is 0 Å². The summed E-state index contributed by atoms with van der Waals surface area (Å²) in [6.07, 6.45) is 2.06. The van der Waals surface area contributed by atoms with Crippen LogP contribution in [0.5, 0.6) is 0 Å². The number of nitrogens with zero attached hydrogens (tertiary/aromatic N) is 2. The minimum absolute atomic E-state index is 0.690. The third-order valence-electron chi connectivity index (χ3n) is 3.14. The van der Waals surface area contributed by atoms with Gasteiger partial charge >= 0.3 is 0 Å². The fourth-order valence-electron chi connectivity index (χ4n) is 1.97. The summed E-state index contributed by atoms with van der Waals surface area (Å²) in [5.74, 6) is 2.22. The molecular formula is C10H17N3S2. The first-order valence-electron chi connectivity index (χ1n) is 5.17. The van der Waals surface area contributed by atoms with Gasteiger partial charge in [0.05, 0.1) is 4.90 Å². The van der Waals surface area contributed by atoms with Gasteiger partial charge in [0.2, 0.25) is 0 Å². The van der Waals surface area contributed by atoms with Gasteiger partial charge in [0.1, 0.15) is 5.00 Å². The van der Waals surface area contributed by atoms with E-state index >= 15 is 0 Å². The molecule has 0 aromatic carbocycles. The molecule has 1 aliphatic heterocycles. The third-order valence-corrected chi connectivity index (χ3v) is 5.00. The van der Waals surface area contributed by atoms with E-state index in [-0.39, 0.29) is 0 Å². The second kappa shape index (κ2) is 4.22. The normalized spacial score (nSPS) is 26.2. The van der Waals surface area contributed by atoms with Gasteiger partial charge in [0.25, 0.3) is 0 Å². The quantitative estimate of drug-likeness (QED) is 0.811. The topological polar surface area (TPSA) is 42.1 Å². The van der Waals surface area contributed by atoms with Crippen molar-refractivity contribution in [2.75, 3.05) is 30.0 Å². The predicted molar refractivity (Wildman–Crippen MR) is 68.8 cm³/mol. The molecule has 1 aromatic rings. The van der Waals surface area contributed by atoms with Crippen molar-refractivity contribution in [1.29, 1.82) is 0 Å². The number of hydrogen-bond acceptors (Lipinski definition) is 5. The molecule has 84 valence electrons. The molecule has 1 fully saturated rings. The summed E-state index contributed by atoms with van der Waals surface area (Å²) in [4.78, 5) is 3.58. The Morgan fingerprint density at radius 3 is 2.53 bits per heavy atom. The molecule has 0 saturated carbocycles. The van der Waals surface area contributed by atoms with E-state index in [1.807, 2.05) is 0 Å². The molecule has 2 heterocycles. The Bertz CT molecular complexity index is 340. The molecule has 15 heavy (non-hydrogen) atoms. The number of aromatic nitrogens is 1. The Hall–Kier alpha value is -0.420. The van der Waals surface area contributed by atoms with Crippen molar-refractivity contribution < 1.29 is 0 Å². The predicted octanol–water partition coefficient (Wildman–Crippen LogP) is 2.54. The van der Waals surface area contributed by atoms with E-state index in [1.54, 1.807) is 11.8 Å². The van der Waals surface area contributed by atoms with Gasteiger partial charge in [-0.05, 0) is 29.6 Å². The lowest BCUT2D eigenvalue weighted by Gasteiger charge is -2.16. The fourth-order valence-corrected chi connectivity index (χ4v) is 3.68. The summed E-state index contributed by atoms with van der Waals surface area (Å²) in [5, 5.41) is 1.26. The van der Waals surface area contributed by atoms with Gasteiger partial charge in [-0.25, -0.2) is 0 Å². The zero-order valence-corrected chi connectivity index (χ0v) is 11.0. The molecule has 2 unspecified atom stereocenters. The number of nitrogens with two attached hydrogens (primary N) is 1. The summed E-state index contributed by atoms with van der Waals surface area (Å²) in [6, 6.07) is 0. The molecule has 0 amide bonds. The average Bonchev–Trinajstić information content (AvgIpc) is 2.71. The molecule has 0 spiro atoms. The van der Waals surface area contributed by atoms with Crippen LogP contribution in [0.4, 0.5) is 10.8 Å². The Labute approximate surface area is 99.2 Å². The van der Waals surface area contributed by atoms with Crippen molar-refractivity contribution >= 4 is 34.1 Å². The van der Waals surface area contributed by atoms with Crippen LogP contribution < -0.4 is 10.6 Å². The van der Waals surface area contributed by atoms with Gasteiger partial charge in [0.15, 0.2) is 5.82 Å². The molecule has 2 rings (SSSR count). The fraction of sp³-hybridized carbons (Fsp3) is 0.700. The van der Waals surface area contributed by atoms with E-state index in [2.05, 4.69) is 29.4 Å². The summed E-state index contributed by atoms with van der Waals surface area (Å²) >= 11 is 3.23. The highest BCUT2D eigenvalue weighted by molar-refractivity contribution is 7.99. The first kappa shape index (κ1) is 11.1. The first-order chi connectivity index (χ1) is 7.13. The Kier molecular flexibility index (Phi) is 3.11. The largest absolute Gasteiger partial charge is 0.382 e. The SMILES string of the molecule is CSc1c(N)nsc1N1CC(C)C(C)C1. The molecule has 1 saturated heterocycles. The van der Waals surface area contributed by atoms with Crippen LogP contribution in [-0.4, -0.2) is 23.7 Å². The molecule has 0 radical (unpaired) electrons. The third kappa shape index (κ3) is 1.95. The zero-order chi connectivity index (χ0) is 11.0. The van der Waals surface area contributed by atoms with Crippen LogP contribution in [-0.2, 0) is 0 Å². The number of thioether (sulfide) groups is 1. The van der Waals surface area contributed by atoms with Crippen molar-refractivity contribution in [2.24, 2.45) is 11.8 Å². The van der Waals surface area contributed by atoms with Crippen LogP contribution in [0.3, 0.4) is 0 Å². The van der Waals surface area contributed by atoms with E-state index in [1.165, 1.54) is 16.5 Å². The van der Waals surface area contributed by atoms with Crippen LogP contribution in [0.15, 0.2) is 4.90 Å². The highest BCUT2D eigenvalue weighted by Crippen LogP contribution is 2.40. The van der Waals surface area contributed by atoms with E-state index in [9.17, 15) is 0 Å². The van der Waals surface area contributed by atoms with E-state index < -0.39 is 0 Å². The number of hydrogen-bond donors (Lipinski definition) is 1. The van der Waals surface area contributed by atoms with Gasteiger partial charge in [-0.2, -0.15) is 4.37 Å². The van der Waals surface area contributed by atoms with Gasteiger partial charge in [-0.3, -0.25) is 0 Å². The Morgan fingerprint density at radius 2 is 2.00 bits per heavy atom. The molecule has 0 aliphatic carbocycles. The summed E-state index contributed by atoms with van der Waals surface area (Å²) in [7, 11) is 0. The summed E-state index contributed by atoms with van der Waals surface area (Å²) in [6.45, 7) is 6.90. The standard InChI is InChI=1S/C10H17N3S2/c1-6-4-13(5-7(6)2)10-8(14-3)9(11)12-15-10/h6-7H,4-5H2,1-3H3,(H2,11,12). The van der Waals surface area contributed by atoms with Crippen molar-refractivity contribution in [2.45, 2.75) is 18.7 Å². The van der Waals surface area contributed by atoms with Crippen LogP contribution in [0.2, 0.25) is 0 Å². The van der Waals surface area contributed by atoms with Crippen molar-refractivity contribution in [3.05, 3.63) is 0 Å². The lowest BCUT2D eigenvalue weighted by atomic mass is 10.0. The number of nitrogen functional groups attached to an aromatic ring is 1. The lowest BCUT2D eigenvalue weighted by Crippen LogP contribution is -2.18. The molecule has 1 aliphatic rings. The van der Waals surface area contributed by atoms with E-state index in [4.69, 9.17) is 5.73 Å². The molecule has 3 nitrogen and oxygen atoms in total. The molecule has 2 atom stereocenters. The second-order valence-corrected chi connectivity index (χ2v) is 5.83. The van der Waals surface area contributed by atoms with Crippen molar-refractivity contribution in [3.63, 3.8) is 0 Å². The highest BCUT2D eigenvalue weighted by Gasteiger charge is 2.29. The highest BCUT2D eigenvalue weighted by atomic mass is 32.2. The summed E-state index contributed by atoms with van der Waals surface area (Å²) < 4.78 is 4.24. The maximum Gasteiger partial charge on any atom is 0.153 e. The average molecular weight is 243 g/mol. The maximum absolute atomic E-state index is 5.84. The first-order valence-corrected chi connectivity index (χ1v) is 7.17. The van der Waals surface area contributed by atoms with E-state index in [0.29, 0.717) is 5.82 Å². The molecular weight excluding hydrogens is 226 g/mol. The van der Waals surface area contributed by atoms with Crippen LogP contribution in [0.1, 0.15) is 13.8 Å². The summed E-state index contributed by atoms with van der Waals surface area (Å²) in [5.41, 5.74) is 5.84. The lowest BCUT2D eigenvalue weighted by molar-refractivity contribution is 0.494. The zero-order valence-electron chi connectivity index (χ0n) is 9.36. The molecule has 5 heteroatoms. The maximum atomic E-state index is 5.84. The Balaban J connectivity index is 2.23. The molecule has 0 bridgehead atoms. The molecule has 2 N–H and O–H groups in total. The number of rotatable bonds is 2. The van der Waals surface area contributed by atoms with Gasteiger partial charge in [-0.1, -0.05) is 13.8 Å². The van der Waals surface area contributed by atoms with Gasteiger partial charge < -0.3 is 10.6 Å². The van der Waals surface area contributed by atoms with Crippen LogP contribution >= 0.6 is 23.3 Å². The Morgan fingerprint density at radius 1 is 1.40 bits per heavy atom. The van der Waals surface area contributed by atoms with Crippen LogP contribution in [0, 0.1) is 11.8 Å². The van der Waals surface area contributed by atoms with Gasteiger partial charge in [0, 0.05) is 13.1 Å². The van der Waals surface area contributed by atoms with Crippen molar-refractivity contribution in [1.82, 2.24) is 4.37 Å². The van der Waals surface area contributed by atoms with E-state index in [0.717, 1.165) is 29.8 Å².